The molecule has 0 atom stereocenters. The number of hydrazone groups is 1. The number of thiophene rings is 1. The Hall–Kier alpha value is -2.86. The van der Waals surface area contributed by atoms with Crippen molar-refractivity contribution in [3.8, 4) is 11.5 Å². The van der Waals surface area contributed by atoms with Gasteiger partial charge in [-0.25, -0.2) is 5.43 Å². The summed E-state index contributed by atoms with van der Waals surface area (Å²) in [6, 6.07) is 14.8. The van der Waals surface area contributed by atoms with Crippen LogP contribution in [0, 0.1) is 0 Å². The van der Waals surface area contributed by atoms with E-state index in [1.807, 2.05) is 24.3 Å². The van der Waals surface area contributed by atoms with Crippen LogP contribution in [0.15, 0.2) is 53.6 Å². The van der Waals surface area contributed by atoms with E-state index in [2.05, 4.69) is 10.5 Å². The van der Waals surface area contributed by atoms with Crippen LogP contribution in [0.4, 0.5) is 0 Å². The highest BCUT2D eigenvalue weighted by atomic mass is 32.1. The second-order valence-corrected chi connectivity index (χ2v) is 6.01. The summed E-state index contributed by atoms with van der Waals surface area (Å²) in [4.78, 5) is 12.9. The minimum Gasteiger partial charge on any atom is -0.497 e. The fourth-order valence-corrected chi connectivity index (χ4v) is 3.34. The number of ether oxygens (including phenoxy) is 2. The number of methoxy groups -OCH3 is 2. The average Bonchev–Trinajstić information content (AvgIpc) is 2.99. The predicted molar refractivity (Wildman–Crippen MR) is 96.4 cm³/mol. The third-order valence-electron chi connectivity index (χ3n) is 3.48. The maximum Gasteiger partial charge on any atom is 0.271 e. The highest BCUT2D eigenvalue weighted by molar-refractivity contribution is 7.21. The molecule has 0 spiro atoms. The van der Waals surface area contributed by atoms with E-state index >= 15 is 0 Å². The predicted octanol–water partition coefficient (Wildman–Crippen LogP) is 3.68. The van der Waals surface area contributed by atoms with E-state index in [-0.39, 0.29) is 5.91 Å². The normalized spacial score (nSPS) is 10.9. The monoisotopic (exact) mass is 340 g/mol. The lowest BCUT2D eigenvalue weighted by Crippen LogP contribution is -2.17. The van der Waals surface area contributed by atoms with Crippen LogP contribution in [0.5, 0.6) is 11.5 Å². The molecule has 0 radical (unpaired) electrons. The molecule has 1 N–H and O–H groups in total. The van der Waals surface area contributed by atoms with Crippen LogP contribution in [0.1, 0.15) is 15.2 Å². The van der Waals surface area contributed by atoms with E-state index in [9.17, 15) is 4.79 Å². The van der Waals surface area contributed by atoms with Crippen molar-refractivity contribution < 1.29 is 14.3 Å². The van der Waals surface area contributed by atoms with Crippen molar-refractivity contribution in [2.45, 2.75) is 0 Å². The Morgan fingerprint density at radius 1 is 1.08 bits per heavy atom. The van der Waals surface area contributed by atoms with Crippen molar-refractivity contribution in [1.82, 2.24) is 5.43 Å². The van der Waals surface area contributed by atoms with E-state index in [1.165, 1.54) is 0 Å². The number of benzene rings is 2. The molecule has 24 heavy (non-hydrogen) atoms. The molecule has 122 valence electrons. The van der Waals surface area contributed by atoms with Crippen LogP contribution in [-0.4, -0.2) is 26.3 Å². The first-order chi connectivity index (χ1) is 11.7. The van der Waals surface area contributed by atoms with Crippen LogP contribution in [0.3, 0.4) is 0 Å². The van der Waals surface area contributed by atoms with Crippen LogP contribution in [0.2, 0.25) is 0 Å². The number of fused-ring (bicyclic) bond motifs is 1. The quantitative estimate of drug-likeness (QED) is 0.569. The van der Waals surface area contributed by atoms with E-state index in [1.54, 1.807) is 56.0 Å². The lowest BCUT2D eigenvalue weighted by Gasteiger charge is -2.02. The van der Waals surface area contributed by atoms with E-state index < -0.39 is 0 Å². The molecular formula is C18H16N2O3S. The number of hydrogen-bond acceptors (Lipinski definition) is 5. The van der Waals surface area contributed by atoms with Crippen LogP contribution < -0.4 is 14.9 Å². The molecule has 5 nitrogen and oxygen atoms in total. The minimum absolute atomic E-state index is 0.283. The fraction of sp³-hybridized carbons (Fsp3) is 0.111. The van der Waals surface area contributed by atoms with Gasteiger partial charge in [0.25, 0.3) is 5.91 Å². The molecule has 1 aromatic heterocycles. The van der Waals surface area contributed by atoms with Gasteiger partial charge in [-0.3, -0.25) is 4.79 Å². The molecule has 2 aromatic carbocycles. The molecule has 0 saturated heterocycles. The van der Waals surface area contributed by atoms with Crippen LogP contribution >= 0.6 is 11.3 Å². The van der Waals surface area contributed by atoms with Crippen molar-refractivity contribution in [3.05, 3.63) is 59.0 Å². The summed E-state index contributed by atoms with van der Waals surface area (Å²) in [6.07, 6.45) is 1.60. The summed E-state index contributed by atoms with van der Waals surface area (Å²) in [7, 11) is 3.21. The Balaban J connectivity index is 1.75. The molecule has 0 bridgehead atoms. The molecule has 0 aliphatic heterocycles. The molecule has 1 amide bonds. The van der Waals surface area contributed by atoms with Crippen LogP contribution in [0.25, 0.3) is 10.1 Å². The maximum absolute atomic E-state index is 12.1. The van der Waals surface area contributed by atoms with Gasteiger partial charge in [-0.15, -0.1) is 11.3 Å². The van der Waals surface area contributed by atoms with Gasteiger partial charge in [-0.1, -0.05) is 12.1 Å². The van der Waals surface area contributed by atoms with Gasteiger partial charge in [-0.05, 0) is 36.4 Å². The first kappa shape index (κ1) is 16.0. The number of carbonyl (C=O) groups excluding carboxylic acids is 1. The molecule has 0 aliphatic carbocycles. The van der Waals surface area contributed by atoms with E-state index in [0.717, 1.165) is 20.7 Å². The minimum atomic E-state index is -0.283. The van der Waals surface area contributed by atoms with Crippen molar-refractivity contribution >= 4 is 33.5 Å². The summed E-state index contributed by atoms with van der Waals surface area (Å²) in [5.74, 6) is 1.18. The summed E-state index contributed by atoms with van der Waals surface area (Å²) in [5, 5.41) is 5.07. The molecule has 3 rings (SSSR count). The molecule has 0 saturated carbocycles. The second-order valence-electron chi connectivity index (χ2n) is 4.92. The molecule has 0 aliphatic rings. The topological polar surface area (TPSA) is 59.9 Å². The first-order valence-corrected chi connectivity index (χ1v) is 8.07. The number of hydrogen-bond donors (Lipinski definition) is 1. The van der Waals surface area contributed by atoms with Gasteiger partial charge < -0.3 is 9.47 Å². The highest BCUT2D eigenvalue weighted by Crippen LogP contribution is 2.36. The fourth-order valence-electron chi connectivity index (χ4n) is 2.29. The molecular weight excluding hydrogens is 324 g/mol. The number of nitrogens with zero attached hydrogens (tertiary/aromatic N) is 1. The smallest absolute Gasteiger partial charge is 0.271 e. The third kappa shape index (κ3) is 3.23. The van der Waals surface area contributed by atoms with Gasteiger partial charge in [0.1, 0.15) is 11.5 Å². The maximum atomic E-state index is 12.1. The van der Waals surface area contributed by atoms with Crippen molar-refractivity contribution in [1.29, 1.82) is 0 Å². The van der Waals surface area contributed by atoms with Crippen LogP contribution in [-0.2, 0) is 0 Å². The molecule has 6 heteroatoms. The van der Waals surface area contributed by atoms with Crippen molar-refractivity contribution in [2.24, 2.45) is 5.10 Å². The Morgan fingerprint density at radius 2 is 1.83 bits per heavy atom. The molecule has 0 unspecified atom stereocenters. The number of rotatable bonds is 5. The average molecular weight is 340 g/mol. The van der Waals surface area contributed by atoms with E-state index in [0.29, 0.717) is 11.3 Å². The van der Waals surface area contributed by atoms with E-state index in [4.69, 9.17) is 9.47 Å². The standard InChI is InChI=1S/C18H16N2O3S/c1-22-13-9-7-12(8-10-13)18(21)20-19-11-16-17(23-2)14-5-3-4-6-15(14)24-16/h3-11H,1-2H3,(H,20,21). The lowest BCUT2D eigenvalue weighted by molar-refractivity contribution is 0.0955. The SMILES string of the molecule is COc1ccc(C(=O)NN=Cc2sc3ccccc3c2OC)cc1. The number of amides is 1. The first-order valence-electron chi connectivity index (χ1n) is 7.26. The lowest BCUT2D eigenvalue weighted by atomic mass is 10.2. The zero-order chi connectivity index (χ0) is 16.9. The highest BCUT2D eigenvalue weighted by Gasteiger charge is 2.11. The van der Waals surface area contributed by atoms with Gasteiger partial charge in [0.2, 0.25) is 0 Å². The Kier molecular flexibility index (Phi) is 4.77. The summed E-state index contributed by atoms with van der Waals surface area (Å²) >= 11 is 1.56. The Labute approximate surface area is 143 Å². The number of nitrogens with one attached hydrogen (secondary N) is 1. The molecule has 3 aromatic rings. The van der Waals surface area contributed by atoms with Gasteiger partial charge in [-0.2, -0.15) is 5.10 Å². The van der Waals surface area contributed by atoms with Gasteiger partial charge in [0, 0.05) is 15.6 Å². The van der Waals surface area contributed by atoms with Gasteiger partial charge >= 0.3 is 0 Å². The molecule has 1 heterocycles. The second kappa shape index (κ2) is 7.14. The zero-order valence-electron chi connectivity index (χ0n) is 13.3. The van der Waals surface area contributed by atoms with Crippen molar-refractivity contribution in [2.75, 3.05) is 14.2 Å². The third-order valence-corrected chi connectivity index (χ3v) is 4.57. The summed E-state index contributed by atoms with van der Waals surface area (Å²) in [6.45, 7) is 0. The van der Waals surface area contributed by atoms with Gasteiger partial charge in [0.05, 0.1) is 25.3 Å². The van der Waals surface area contributed by atoms with Gasteiger partial charge in [0.15, 0.2) is 0 Å². The van der Waals surface area contributed by atoms with Crippen molar-refractivity contribution in [3.63, 3.8) is 0 Å². The Morgan fingerprint density at radius 3 is 2.54 bits per heavy atom. The summed E-state index contributed by atoms with van der Waals surface area (Å²) in [5.41, 5.74) is 3.03. The molecule has 0 fully saturated rings. The number of carbonyl (C=O) groups is 1. The zero-order valence-corrected chi connectivity index (χ0v) is 14.1. The summed E-state index contributed by atoms with van der Waals surface area (Å²) < 4.78 is 11.6. The largest absolute Gasteiger partial charge is 0.497 e. The Bertz CT molecular complexity index is 885.